The van der Waals surface area contributed by atoms with E-state index in [4.69, 9.17) is 9.90 Å². The monoisotopic (exact) mass is 392 g/mol. The number of hydrogen-bond donors (Lipinski definition) is 2. The number of carboxylic acids is 1. The van der Waals surface area contributed by atoms with Crippen molar-refractivity contribution in [3.63, 3.8) is 0 Å². The van der Waals surface area contributed by atoms with E-state index in [1.165, 1.54) is 18.2 Å². The minimum Gasteiger partial charge on any atom is -0.475 e. The predicted molar refractivity (Wildman–Crippen MR) is 83.7 cm³/mol. The van der Waals surface area contributed by atoms with Gasteiger partial charge in [-0.05, 0) is 25.0 Å². The SMILES string of the molecule is Cn1cc(CCNC2(c3c(F)cccc3F)CC2)nn1.O=C(O)C(F)(F)F. The third-order valence-electron chi connectivity index (χ3n) is 3.93. The van der Waals surface area contributed by atoms with Crippen LogP contribution < -0.4 is 5.32 Å². The largest absolute Gasteiger partial charge is 0.490 e. The van der Waals surface area contributed by atoms with E-state index in [1.807, 2.05) is 6.20 Å². The van der Waals surface area contributed by atoms with Gasteiger partial charge in [0.05, 0.1) is 5.69 Å². The van der Waals surface area contributed by atoms with Gasteiger partial charge in [0.2, 0.25) is 0 Å². The molecule has 0 spiro atoms. The van der Waals surface area contributed by atoms with Crippen molar-refractivity contribution in [2.45, 2.75) is 31.0 Å². The van der Waals surface area contributed by atoms with E-state index < -0.39 is 29.3 Å². The number of nitrogens with one attached hydrogen (secondary N) is 1. The van der Waals surface area contributed by atoms with Crippen molar-refractivity contribution in [2.24, 2.45) is 7.05 Å². The zero-order valence-electron chi connectivity index (χ0n) is 14.2. The first kappa shape index (κ1) is 20.7. The number of aliphatic carboxylic acids is 1. The lowest BCUT2D eigenvalue weighted by Crippen LogP contribution is -2.32. The highest BCUT2D eigenvalue weighted by Gasteiger charge is 2.47. The molecule has 1 saturated carbocycles. The number of carboxylic acid groups (broad SMARTS) is 1. The number of nitrogens with zero attached hydrogens (tertiary/aromatic N) is 3. The number of hydrogen-bond acceptors (Lipinski definition) is 4. The molecule has 27 heavy (non-hydrogen) atoms. The summed E-state index contributed by atoms with van der Waals surface area (Å²) in [7, 11) is 1.81. The molecule has 0 bridgehead atoms. The number of aromatic nitrogens is 3. The van der Waals surface area contributed by atoms with Crippen LogP contribution in [0.5, 0.6) is 0 Å². The number of aryl methyl sites for hydroxylation is 1. The highest BCUT2D eigenvalue weighted by molar-refractivity contribution is 5.73. The molecule has 0 radical (unpaired) electrons. The summed E-state index contributed by atoms with van der Waals surface area (Å²) in [6, 6.07) is 4.01. The number of halogens is 5. The highest BCUT2D eigenvalue weighted by atomic mass is 19.4. The molecule has 148 valence electrons. The minimum atomic E-state index is -5.08. The lowest BCUT2D eigenvalue weighted by Gasteiger charge is -2.19. The normalized spacial score (nSPS) is 15.0. The molecular weight excluding hydrogens is 375 g/mol. The Morgan fingerprint density at radius 1 is 1.30 bits per heavy atom. The Morgan fingerprint density at radius 3 is 2.26 bits per heavy atom. The maximum Gasteiger partial charge on any atom is 0.490 e. The van der Waals surface area contributed by atoms with Gasteiger partial charge in [0.1, 0.15) is 11.6 Å². The van der Waals surface area contributed by atoms with Crippen LogP contribution in [0.2, 0.25) is 0 Å². The van der Waals surface area contributed by atoms with Crippen molar-refractivity contribution in [2.75, 3.05) is 6.54 Å². The number of alkyl halides is 3. The fourth-order valence-electron chi connectivity index (χ4n) is 2.53. The Balaban J connectivity index is 0.000000321. The van der Waals surface area contributed by atoms with Gasteiger partial charge >= 0.3 is 12.1 Å². The van der Waals surface area contributed by atoms with Crippen LogP contribution in [0.4, 0.5) is 22.0 Å². The molecule has 3 rings (SSSR count). The Kier molecular flexibility index (Phi) is 6.14. The van der Waals surface area contributed by atoms with Gasteiger partial charge in [-0.1, -0.05) is 11.3 Å². The summed E-state index contributed by atoms with van der Waals surface area (Å²) in [6.07, 6.45) is -1.05. The van der Waals surface area contributed by atoms with Gasteiger partial charge in [0, 0.05) is 37.3 Å². The first-order chi connectivity index (χ1) is 12.5. The van der Waals surface area contributed by atoms with Gasteiger partial charge in [-0.15, -0.1) is 5.10 Å². The average molecular weight is 392 g/mol. The van der Waals surface area contributed by atoms with E-state index in [-0.39, 0.29) is 5.56 Å². The lowest BCUT2D eigenvalue weighted by atomic mass is 10.0. The molecule has 0 unspecified atom stereocenters. The molecule has 1 heterocycles. The van der Waals surface area contributed by atoms with Crippen LogP contribution in [0.3, 0.4) is 0 Å². The van der Waals surface area contributed by atoms with Crippen LogP contribution in [0.25, 0.3) is 0 Å². The molecule has 2 aromatic rings. The zero-order chi connectivity index (χ0) is 20.2. The predicted octanol–water partition coefficient (Wildman–Crippen LogP) is 2.55. The highest BCUT2D eigenvalue weighted by Crippen LogP contribution is 2.47. The van der Waals surface area contributed by atoms with Crippen molar-refractivity contribution in [1.82, 2.24) is 20.3 Å². The van der Waals surface area contributed by atoms with Gasteiger partial charge in [0.15, 0.2) is 0 Å². The summed E-state index contributed by atoms with van der Waals surface area (Å²) in [5.41, 5.74) is 0.487. The summed E-state index contributed by atoms with van der Waals surface area (Å²) < 4.78 is 61.0. The van der Waals surface area contributed by atoms with E-state index >= 15 is 0 Å². The number of rotatable bonds is 5. The van der Waals surface area contributed by atoms with Crippen LogP contribution in [0, 0.1) is 11.6 Å². The third-order valence-corrected chi connectivity index (χ3v) is 3.93. The second-order valence-corrected chi connectivity index (χ2v) is 6.04. The molecule has 0 atom stereocenters. The standard InChI is InChI=1S/C14H16F2N4.C2HF3O2/c1-20-9-10(18-19-20)5-8-17-14(6-7-14)13-11(15)3-2-4-12(13)16;3-2(4,5)1(6)7/h2-4,9,17H,5-8H2,1H3;(H,6,7). The summed E-state index contributed by atoms with van der Waals surface area (Å²) in [4.78, 5) is 8.90. The second-order valence-electron chi connectivity index (χ2n) is 6.04. The van der Waals surface area contributed by atoms with Crippen molar-refractivity contribution in [3.8, 4) is 0 Å². The maximum atomic E-state index is 13.8. The smallest absolute Gasteiger partial charge is 0.475 e. The van der Waals surface area contributed by atoms with Gasteiger partial charge in [0.25, 0.3) is 0 Å². The molecule has 0 amide bonds. The summed E-state index contributed by atoms with van der Waals surface area (Å²) in [6.45, 7) is 0.618. The maximum absolute atomic E-state index is 13.8. The number of benzene rings is 1. The Labute approximate surface area is 151 Å². The van der Waals surface area contributed by atoms with Crippen molar-refractivity contribution >= 4 is 5.97 Å². The fraction of sp³-hybridized carbons (Fsp3) is 0.438. The van der Waals surface area contributed by atoms with Gasteiger partial charge in [-0.2, -0.15) is 13.2 Å². The van der Waals surface area contributed by atoms with E-state index in [9.17, 15) is 22.0 Å². The van der Waals surface area contributed by atoms with Crippen molar-refractivity contribution in [1.29, 1.82) is 0 Å². The molecule has 11 heteroatoms. The van der Waals surface area contributed by atoms with E-state index in [0.717, 1.165) is 18.5 Å². The van der Waals surface area contributed by atoms with Gasteiger partial charge in [-0.3, -0.25) is 4.68 Å². The first-order valence-electron chi connectivity index (χ1n) is 7.90. The first-order valence-corrected chi connectivity index (χ1v) is 7.90. The molecule has 1 aromatic heterocycles. The molecule has 2 N–H and O–H groups in total. The van der Waals surface area contributed by atoms with Crippen LogP contribution in [0.15, 0.2) is 24.4 Å². The molecule has 1 aromatic carbocycles. The second kappa shape index (κ2) is 7.99. The summed E-state index contributed by atoms with van der Waals surface area (Å²) in [5.74, 6) is -3.71. The zero-order valence-corrected chi connectivity index (χ0v) is 14.2. The lowest BCUT2D eigenvalue weighted by molar-refractivity contribution is -0.192. The Bertz CT molecular complexity index is 782. The Hall–Kier alpha value is -2.56. The van der Waals surface area contributed by atoms with Crippen LogP contribution in [-0.4, -0.2) is 38.8 Å². The molecule has 6 nitrogen and oxygen atoms in total. The summed E-state index contributed by atoms with van der Waals surface area (Å²) in [5, 5.41) is 18.2. The molecular formula is C16H17F5N4O2. The quantitative estimate of drug-likeness (QED) is 0.765. The molecule has 1 aliphatic carbocycles. The fourth-order valence-corrected chi connectivity index (χ4v) is 2.53. The van der Waals surface area contributed by atoms with E-state index in [2.05, 4.69) is 15.6 Å². The summed E-state index contributed by atoms with van der Waals surface area (Å²) >= 11 is 0. The van der Waals surface area contributed by atoms with E-state index in [0.29, 0.717) is 13.0 Å². The van der Waals surface area contributed by atoms with Crippen molar-refractivity contribution < 1.29 is 31.9 Å². The molecule has 0 aliphatic heterocycles. The van der Waals surface area contributed by atoms with Crippen LogP contribution in [0.1, 0.15) is 24.1 Å². The molecule has 0 saturated heterocycles. The topological polar surface area (TPSA) is 80.0 Å². The average Bonchev–Trinajstić information content (AvgIpc) is 3.21. The van der Waals surface area contributed by atoms with Gasteiger partial charge < -0.3 is 10.4 Å². The van der Waals surface area contributed by atoms with Crippen molar-refractivity contribution in [3.05, 3.63) is 47.3 Å². The van der Waals surface area contributed by atoms with Crippen LogP contribution in [-0.2, 0) is 23.8 Å². The molecule has 1 aliphatic rings. The molecule has 1 fully saturated rings. The van der Waals surface area contributed by atoms with Crippen LogP contribution >= 0.6 is 0 Å². The van der Waals surface area contributed by atoms with E-state index in [1.54, 1.807) is 11.7 Å². The minimum absolute atomic E-state index is 0.166. The number of carbonyl (C=O) groups is 1. The third kappa shape index (κ3) is 5.46. The van der Waals surface area contributed by atoms with Gasteiger partial charge in [-0.25, -0.2) is 13.6 Å². The Morgan fingerprint density at radius 2 is 1.85 bits per heavy atom.